The molecule has 0 aliphatic rings. The molecule has 0 spiro atoms. The first-order valence-electron chi connectivity index (χ1n) is 13.0. The van der Waals surface area contributed by atoms with E-state index in [4.69, 9.17) is 9.47 Å². The minimum Gasteiger partial charge on any atom is -0.489 e. The van der Waals surface area contributed by atoms with Gasteiger partial charge in [-0.15, -0.1) is 0 Å². The van der Waals surface area contributed by atoms with Gasteiger partial charge in [0.15, 0.2) is 0 Å². The Morgan fingerprint density at radius 2 is 1.71 bits per heavy atom. The van der Waals surface area contributed by atoms with Crippen molar-refractivity contribution >= 4 is 11.9 Å². The van der Waals surface area contributed by atoms with Crippen LogP contribution in [0.15, 0.2) is 66.9 Å². The molecular formula is C31H36N4O3. The van der Waals surface area contributed by atoms with Crippen LogP contribution in [0.1, 0.15) is 64.3 Å². The van der Waals surface area contributed by atoms with Gasteiger partial charge in [0, 0.05) is 23.0 Å². The minimum atomic E-state index is -0.596. The number of pyridine rings is 1. The molecule has 4 rings (SSSR count). The van der Waals surface area contributed by atoms with Crippen LogP contribution < -0.4 is 10.1 Å². The maximum absolute atomic E-state index is 12.2. The highest BCUT2D eigenvalue weighted by atomic mass is 16.6. The van der Waals surface area contributed by atoms with Gasteiger partial charge >= 0.3 is 6.09 Å². The lowest BCUT2D eigenvalue weighted by atomic mass is 9.98. The zero-order valence-corrected chi connectivity index (χ0v) is 23.0. The van der Waals surface area contributed by atoms with E-state index in [1.54, 1.807) is 12.3 Å². The lowest BCUT2D eigenvalue weighted by Gasteiger charge is -2.19. The number of H-pyrrole nitrogens is 1. The zero-order chi connectivity index (χ0) is 27.3. The molecule has 7 heteroatoms. The standard InChI is InChI=1S/C31H36N4O3/c1-7-26-28(23-12-14-25(15-13-23)37-19-21-8-10-22(11-9-21)20(2)3)29(35-34-26)24-16-17-32-27(18-24)33-30(36)38-31(4,5)6/h8-18,20H,7,19H2,1-6H3,(H,34,35)(H,32,33,36). The Morgan fingerprint density at radius 1 is 1.00 bits per heavy atom. The highest BCUT2D eigenvalue weighted by Crippen LogP contribution is 2.35. The summed E-state index contributed by atoms with van der Waals surface area (Å²) >= 11 is 0. The molecule has 38 heavy (non-hydrogen) atoms. The summed E-state index contributed by atoms with van der Waals surface area (Å²) in [7, 11) is 0. The second kappa shape index (κ2) is 11.5. The molecule has 1 amide bonds. The number of benzene rings is 2. The van der Waals surface area contributed by atoms with Crippen molar-refractivity contribution in [1.29, 1.82) is 0 Å². The van der Waals surface area contributed by atoms with Crippen molar-refractivity contribution in [3.63, 3.8) is 0 Å². The number of hydrogen-bond donors (Lipinski definition) is 2. The Bertz CT molecular complexity index is 1370. The lowest BCUT2D eigenvalue weighted by molar-refractivity contribution is 0.0635. The van der Waals surface area contributed by atoms with E-state index in [0.29, 0.717) is 18.3 Å². The highest BCUT2D eigenvalue weighted by Gasteiger charge is 2.19. The average Bonchev–Trinajstić information content (AvgIpc) is 3.31. The van der Waals surface area contributed by atoms with Crippen LogP contribution in [-0.4, -0.2) is 26.9 Å². The number of ether oxygens (including phenoxy) is 2. The smallest absolute Gasteiger partial charge is 0.413 e. The second-order valence-corrected chi connectivity index (χ2v) is 10.5. The summed E-state index contributed by atoms with van der Waals surface area (Å²) in [6, 6.07) is 20.3. The molecule has 2 aromatic heterocycles. The van der Waals surface area contributed by atoms with Gasteiger partial charge in [0.1, 0.15) is 29.5 Å². The van der Waals surface area contributed by atoms with Crippen LogP contribution in [0.25, 0.3) is 22.4 Å². The molecule has 0 bridgehead atoms. The second-order valence-electron chi connectivity index (χ2n) is 10.5. The first-order chi connectivity index (χ1) is 18.1. The molecule has 0 saturated heterocycles. The first-order valence-corrected chi connectivity index (χ1v) is 13.0. The van der Waals surface area contributed by atoms with Crippen molar-refractivity contribution in [2.24, 2.45) is 0 Å². The van der Waals surface area contributed by atoms with Gasteiger partial charge < -0.3 is 9.47 Å². The third kappa shape index (κ3) is 6.79. The molecule has 0 radical (unpaired) electrons. The van der Waals surface area contributed by atoms with Crippen LogP contribution in [0.3, 0.4) is 0 Å². The van der Waals surface area contributed by atoms with E-state index in [-0.39, 0.29) is 0 Å². The van der Waals surface area contributed by atoms with E-state index in [9.17, 15) is 4.79 Å². The van der Waals surface area contributed by atoms with Crippen LogP contribution >= 0.6 is 0 Å². The monoisotopic (exact) mass is 512 g/mol. The van der Waals surface area contributed by atoms with Gasteiger partial charge in [-0.3, -0.25) is 10.4 Å². The number of carbonyl (C=O) groups excluding carboxylic acids is 1. The number of rotatable bonds is 8. The van der Waals surface area contributed by atoms with Gasteiger partial charge in [0.25, 0.3) is 0 Å². The third-order valence-electron chi connectivity index (χ3n) is 6.05. The fourth-order valence-corrected chi connectivity index (χ4v) is 4.09. The van der Waals surface area contributed by atoms with Gasteiger partial charge in [0.2, 0.25) is 0 Å². The number of nitrogens with zero attached hydrogens (tertiary/aromatic N) is 2. The molecule has 0 aliphatic heterocycles. The maximum atomic E-state index is 12.2. The van der Waals surface area contributed by atoms with Gasteiger partial charge in [-0.05, 0) is 74.1 Å². The largest absolute Gasteiger partial charge is 0.489 e. The lowest BCUT2D eigenvalue weighted by Crippen LogP contribution is -2.27. The number of nitrogens with one attached hydrogen (secondary N) is 2. The number of aromatic nitrogens is 3. The molecule has 4 aromatic rings. The number of carbonyl (C=O) groups is 1. The van der Waals surface area contributed by atoms with E-state index in [1.165, 1.54) is 5.56 Å². The fourth-order valence-electron chi connectivity index (χ4n) is 4.09. The van der Waals surface area contributed by atoms with Crippen molar-refractivity contribution in [3.05, 3.63) is 83.7 Å². The Balaban J connectivity index is 1.52. The summed E-state index contributed by atoms with van der Waals surface area (Å²) in [4.78, 5) is 16.5. The number of amides is 1. The van der Waals surface area contributed by atoms with Crippen molar-refractivity contribution in [1.82, 2.24) is 15.2 Å². The van der Waals surface area contributed by atoms with Gasteiger partial charge in [0.05, 0.1) is 0 Å². The molecule has 0 fully saturated rings. The van der Waals surface area contributed by atoms with Crippen LogP contribution in [0.2, 0.25) is 0 Å². The SMILES string of the molecule is CCc1[nH]nc(-c2ccnc(NC(=O)OC(C)(C)C)c2)c1-c1ccc(OCc2ccc(C(C)C)cc2)cc1. The predicted molar refractivity (Wildman–Crippen MR) is 151 cm³/mol. The van der Waals surface area contributed by atoms with E-state index in [2.05, 4.69) is 65.5 Å². The van der Waals surface area contributed by atoms with Gasteiger partial charge in [-0.1, -0.05) is 57.2 Å². The summed E-state index contributed by atoms with van der Waals surface area (Å²) < 4.78 is 11.4. The van der Waals surface area contributed by atoms with Crippen molar-refractivity contribution in [2.45, 2.75) is 66.1 Å². The summed E-state index contributed by atoms with van der Waals surface area (Å²) in [6.07, 6.45) is 1.89. The average molecular weight is 513 g/mol. The molecule has 0 unspecified atom stereocenters. The first kappa shape index (κ1) is 26.9. The van der Waals surface area contributed by atoms with Gasteiger partial charge in [-0.2, -0.15) is 5.10 Å². The zero-order valence-electron chi connectivity index (χ0n) is 23.0. The normalized spacial score (nSPS) is 11.4. The van der Waals surface area contributed by atoms with E-state index < -0.39 is 11.7 Å². The Labute approximate surface area is 224 Å². The van der Waals surface area contributed by atoms with Crippen LogP contribution in [0, 0.1) is 0 Å². The summed E-state index contributed by atoms with van der Waals surface area (Å²) in [6.45, 7) is 12.4. The Morgan fingerprint density at radius 3 is 2.34 bits per heavy atom. The number of aromatic amines is 1. The topological polar surface area (TPSA) is 89.1 Å². The molecule has 0 atom stereocenters. The van der Waals surface area contributed by atoms with Crippen LogP contribution in [0.5, 0.6) is 5.75 Å². The fraction of sp³-hybridized carbons (Fsp3) is 0.323. The van der Waals surface area contributed by atoms with Crippen molar-refractivity contribution in [2.75, 3.05) is 5.32 Å². The quantitative estimate of drug-likeness (QED) is 0.252. The molecule has 2 heterocycles. The van der Waals surface area contributed by atoms with Crippen molar-refractivity contribution < 1.29 is 14.3 Å². The molecular weight excluding hydrogens is 476 g/mol. The Hall–Kier alpha value is -4.13. The van der Waals surface area contributed by atoms with E-state index in [0.717, 1.165) is 45.8 Å². The number of hydrogen-bond acceptors (Lipinski definition) is 5. The summed E-state index contributed by atoms with van der Waals surface area (Å²) in [5.74, 6) is 1.71. The molecule has 0 saturated carbocycles. The van der Waals surface area contributed by atoms with E-state index in [1.807, 2.05) is 51.1 Å². The molecule has 2 aromatic carbocycles. The minimum absolute atomic E-state index is 0.397. The third-order valence-corrected chi connectivity index (χ3v) is 6.05. The van der Waals surface area contributed by atoms with Crippen molar-refractivity contribution in [3.8, 4) is 28.1 Å². The van der Waals surface area contributed by atoms with E-state index >= 15 is 0 Å². The molecule has 7 nitrogen and oxygen atoms in total. The van der Waals surface area contributed by atoms with Crippen LogP contribution in [0.4, 0.5) is 10.6 Å². The van der Waals surface area contributed by atoms with Crippen LogP contribution in [-0.2, 0) is 17.8 Å². The number of anilines is 1. The Kier molecular flexibility index (Phi) is 8.15. The van der Waals surface area contributed by atoms with Gasteiger partial charge in [-0.25, -0.2) is 9.78 Å². The molecule has 2 N–H and O–H groups in total. The number of aryl methyl sites for hydroxylation is 1. The predicted octanol–water partition coefficient (Wildman–Crippen LogP) is 7.75. The molecule has 0 aliphatic carbocycles. The summed E-state index contributed by atoms with van der Waals surface area (Å²) in [5.41, 5.74) is 6.55. The highest BCUT2D eigenvalue weighted by molar-refractivity contribution is 5.87. The maximum Gasteiger partial charge on any atom is 0.413 e. The molecule has 198 valence electrons. The summed E-state index contributed by atoms with van der Waals surface area (Å²) in [5, 5.41) is 10.5.